The Hall–Kier alpha value is -1.91. The molecule has 5 heteroatoms. The molecular formula is C14H14N2O3. The number of hydrogen-bond donors (Lipinski definition) is 0. The van der Waals surface area contributed by atoms with Crippen molar-refractivity contribution >= 4 is 17.7 Å². The van der Waals surface area contributed by atoms with Crippen LogP contribution in [0.25, 0.3) is 0 Å². The minimum atomic E-state index is -0.188. The number of aromatic nitrogens is 1. The molecule has 0 spiro atoms. The van der Waals surface area contributed by atoms with Crippen LogP contribution in [-0.4, -0.2) is 17.0 Å². The molecule has 2 aliphatic carbocycles. The smallest absolute Gasteiger partial charge is 0.243 e. The molecule has 4 rings (SSSR count). The number of carbonyl (C=O) groups is 2. The van der Waals surface area contributed by atoms with E-state index < -0.39 is 0 Å². The van der Waals surface area contributed by atoms with Gasteiger partial charge in [0.15, 0.2) is 0 Å². The fraction of sp³-hybridized carbons (Fsp3) is 0.500. The average Bonchev–Trinajstić information content (AvgIpc) is 3.10. The van der Waals surface area contributed by atoms with E-state index >= 15 is 0 Å². The summed E-state index contributed by atoms with van der Waals surface area (Å²) in [6.07, 6.45) is 5.10. The molecule has 1 aromatic heterocycles. The van der Waals surface area contributed by atoms with E-state index in [9.17, 15) is 9.59 Å². The van der Waals surface area contributed by atoms with Crippen molar-refractivity contribution in [2.45, 2.75) is 20.3 Å². The summed E-state index contributed by atoms with van der Waals surface area (Å²) in [5.41, 5.74) is 1.48. The van der Waals surface area contributed by atoms with E-state index in [0.29, 0.717) is 11.6 Å². The second-order valence-electron chi connectivity index (χ2n) is 5.71. The van der Waals surface area contributed by atoms with Crippen LogP contribution < -0.4 is 4.90 Å². The van der Waals surface area contributed by atoms with Crippen LogP contribution >= 0.6 is 0 Å². The largest absolute Gasteiger partial charge is 0.337 e. The molecule has 98 valence electrons. The van der Waals surface area contributed by atoms with Gasteiger partial charge in [0, 0.05) is 5.56 Å². The first-order chi connectivity index (χ1) is 9.09. The first kappa shape index (κ1) is 11.0. The third kappa shape index (κ3) is 1.18. The molecule has 0 N–H and O–H groups in total. The van der Waals surface area contributed by atoms with Crippen molar-refractivity contribution < 1.29 is 14.1 Å². The van der Waals surface area contributed by atoms with Crippen LogP contribution in [-0.2, 0) is 9.59 Å². The zero-order valence-electron chi connectivity index (χ0n) is 10.8. The SMILES string of the molecule is Cc1noc(N2C(=O)[C@@H]3[C@H](C2=O)[C@H]2C=C[C@H]3C2)c1C. The van der Waals surface area contributed by atoms with Crippen molar-refractivity contribution in [2.24, 2.45) is 23.7 Å². The first-order valence-electron chi connectivity index (χ1n) is 6.58. The number of fused-ring (bicyclic) bond motifs is 5. The van der Waals surface area contributed by atoms with E-state index in [1.807, 2.05) is 6.92 Å². The van der Waals surface area contributed by atoms with Crippen molar-refractivity contribution in [1.82, 2.24) is 5.16 Å². The molecule has 1 aliphatic heterocycles. The number of carbonyl (C=O) groups excluding carboxylic acids is 2. The van der Waals surface area contributed by atoms with Gasteiger partial charge in [-0.15, -0.1) is 0 Å². The number of allylic oxidation sites excluding steroid dienone is 2. The molecule has 2 fully saturated rings. The lowest BCUT2D eigenvalue weighted by atomic mass is 9.85. The molecule has 1 aromatic rings. The fourth-order valence-corrected chi connectivity index (χ4v) is 3.71. The predicted octanol–water partition coefficient (Wildman–Crippen LogP) is 1.60. The number of aryl methyl sites for hydroxylation is 1. The van der Waals surface area contributed by atoms with Gasteiger partial charge in [0.1, 0.15) is 0 Å². The lowest BCUT2D eigenvalue weighted by molar-refractivity contribution is -0.123. The molecule has 0 aromatic carbocycles. The Kier molecular flexibility index (Phi) is 1.93. The summed E-state index contributed by atoms with van der Waals surface area (Å²) >= 11 is 0. The molecule has 0 radical (unpaired) electrons. The third-order valence-electron chi connectivity index (χ3n) is 4.81. The van der Waals surface area contributed by atoms with Gasteiger partial charge in [-0.25, -0.2) is 4.90 Å². The van der Waals surface area contributed by atoms with Gasteiger partial charge < -0.3 is 4.52 Å². The average molecular weight is 258 g/mol. The van der Waals surface area contributed by atoms with Crippen molar-refractivity contribution in [3.8, 4) is 0 Å². The van der Waals surface area contributed by atoms with Crippen molar-refractivity contribution in [3.05, 3.63) is 23.4 Å². The monoisotopic (exact) mass is 258 g/mol. The van der Waals surface area contributed by atoms with Crippen LogP contribution in [0.5, 0.6) is 0 Å². The highest BCUT2D eigenvalue weighted by atomic mass is 16.5. The zero-order chi connectivity index (χ0) is 13.3. The maximum atomic E-state index is 12.5. The van der Waals surface area contributed by atoms with Gasteiger partial charge in [-0.2, -0.15) is 0 Å². The normalized spacial score (nSPS) is 35.6. The number of hydrogen-bond acceptors (Lipinski definition) is 4. The van der Waals surface area contributed by atoms with E-state index in [1.54, 1.807) is 6.92 Å². The standard InChI is InChI=1S/C14H14N2O3/c1-6-7(2)15-19-14(6)16-12(17)10-8-3-4-9(5-8)11(10)13(16)18/h3-4,8-11H,5H2,1-2H3/t8-,9-,10-,11+/m0/s1. The summed E-state index contributed by atoms with van der Waals surface area (Å²) in [5, 5.41) is 3.84. The van der Waals surface area contributed by atoms with E-state index in [0.717, 1.165) is 12.0 Å². The van der Waals surface area contributed by atoms with Crippen molar-refractivity contribution in [1.29, 1.82) is 0 Å². The maximum Gasteiger partial charge on any atom is 0.243 e. The fourth-order valence-electron chi connectivity index (χ4n) is 3.71. The zero-order valence-corrected chi connectivity index (χ0v) is 10.8. The molecular weight excluding hydrogens is 244 g/mol. The Morgan fingerprint density at radius 2 is 1.74 bits per heavy atom. The lowest BCUT2D eigenvalue weighted by Crippen LogP contribution is -2.33. The van der Waals surface area contributed by atoms with Crippen molar-refractivity contribution in [3.63, 3.8) is 0 Å². The number of nitrogens with zero attached hydrogens (tertiary/aromatic N) is 2. The molecule has 1 saturated carbocycles. The Balaban J connectivity index is 1.79. The van der Waals surface area contributed by atoms with E-state index in [-0.39, 0.29) is 35.5 Å². The van der Waals surface area contributed by atoms with Crippen LogP contribution in [0.2, 0.25) is 0 Å². The van der Waals surface area contributed by atoms with E-state index in [4.69, 9.17) is 4.52 Å². The summed E-state index contributed by atoms with van der Waals surface area (Å²) in [6.45, 7) is 3.63. The highest BCUT2D eigenvalue weighted by Crippen LogP contribution is 2.53. The van der Waals surface area contributed by atoms with Crippen LogP contribution in [0.1, 0.15) is 17.7 Å². The maximum absolute atomic E-state index is 12.5. The van der Waals surface area contributed by atoms with Gasteiger partial charge in [0.25, 0.3) is 0 Å². The molecule has 2 amide bonds. The van der Waals surface area contributed by atoms with Crippen LogP contribution in [0, 0.1) is 37.5 Å². The second kappa shape index (κ2) is 3.35. The number of rotatable bonds is 1. The minimum Gasteiger partial charge on any atom is -0.337 e. The van der Waals surface area contributed by atoms with Gasteiger partial charge in [0.2, 0.25) is 17.7 Å². The predicted molar refractivity (Wildman–Crippen MR) is 66.2 cm³/mol. The summed E-state index contributed by atoms with van der Waals surface area (Å²) in [4.78, 5) is 26.3. The van der Waals surface area contributed by atoms with Crippen LogP contribution in [0.4, 0.5) is 5.88 Å². The Morgan fingerprint density at radius 1 is 1.16 bits per heavy atom. The molecule has 0 unspecified atom stereocenters. The highest BCUT2D eigenvalue weighted by molar-refractivity contribution is 6.22. The minimum absolute atomic E-state index is 0.119. The summed E-state index contributed by atoms with van der Waals surface area (Å²) in [7, 11) is 0. The molecule has 19 heavy (non-hydrogen) atoms. The summed E-state index contributed by atoms with van der Waals surface area (Å²) < 4.78 is 5.19. The van der Waals surface area contributed by atoms with Gasteiger partial charge in [-0.05, 0) is 32.1 Å². The van der Waals surface area contributed by atoms with Gasteiger partial charge >= 0.3 is 0 Å². The Labute approximate surface area is 110 Å². The van der Waals surface area contributed by atoms with E-state index in [2.05, 4.69) is 17.3 Å². The summed E-state index contributed by atoms with van der Waals surface area (Å²) in [6, 6.07) is 0. The highest BCUT2D eigenvalue weighted by Gasteiger charge is 2.60. The molecule has 2 bridgehead atoms. The van der Waals surface area contributed by atoms with Crippen LogP contribution in [0.3, 0.4) is 0 Å². The topological polar surface area (TPSA) is 63.4 Å². The van der Waals surface area contributed by atoms with E-state index in [1.165, 1.54) is 4.90 Å². The first-order valence-corrected chi connectivity index (χ1v) is 6.58. The molecule has 2 heterocycles. The Bertz CT molecular complexity index is 601. The van der Waals surface area contributed by atoms with Crippen LogP contribution in [0.15, 0.2) is 16.7 Å². The Morgan fingerprint density at radius 3 is 2.21 bits per heavy atom. The van der Waals surface area contributed by atoms with Gasteiger partial charge in [-0.3, -0.25) is 9.59 Å². The quantitative estimate of drug-likeness (QED) is 0.567. The number of imide groups is 1. The number of amides is 2. The second-order valence-corrected chi connectivity index (χ2v) is 5.71. The molecule has 4 atom stereocenters. The lowest BCUT2D eigenvalue weighted by Gasteiger charge is -2.14. The van der Waals surface area contributed by atoms with Gasteiger partial charge in [0.05, 0.1) is 17.5 Å². The third-order valence-corrected chi connectivity index (χ3v) is 4.81. The number of anilines is 1. The molecule has 5 nitrogen and oxygen atoms in total. The molecule has 3 aliphatic rings. The van der Waals surface area contributed by atoms with Gasteiger partial charge in [-0.1, -0.05) is 17.3 Å². The summed E-state index contributed by atoms with van der Waals surface area (Å²) in [5.74, 6) is 0.139. The molecule has 1 saturated heterocycles. The van der Waals surface area contributed by atoms with Crippen molar-refractivity contribution in [2.75, 3.05) is 4.90 Å².